The summed E-state index contributed by atoms with van der Waals surface area (Å²) in [5, 5.41) is 11.5. The Morgan fingerprint density at radius 2 is 1.81 bits per heavy atom. The van der Waals surface area contributed by atoms with Gasteiger partial charge in [-0.25, -0.2) is 0 Å². The fourth-order valence-corrected chi connectivity index (χ4v) is 4.62. The topological polar surface area (TPSA) is 76.1 Å². The standard InChI is InChI=1S/C30H39NO5/c1-8-9-10-16-31-26(20-12-11-13-22(17-20)36-19(2)3)25(28(33)29(31)34)27(32)21-14-15-24(35-7)23(18-21)30(4,5)6/h11-15,17-19,26,32H,8-10,16H2,1-7H3/b27-25+. The normalized spacial score (nSPS) is 17.7. The number of aliphatic hydroxyl groups is 1. The summed E-state index contributed by atoms with van der Waals surface area (Å²) in [6.07, 6.45) is 2.69. The third-order valence-corrected chi connectivity index (χ3v) is 6.37. The number of methoxy groups -OCH3 is 1. The summed E-state index contributed by atoms with van der Waals surface area (Å²) in [6.45, 7) is 12.6. The molecule has 3 rings (SSSR count). The van der Waals surface area contributed by atoms with E-state index in [1.54, 1.807) is 24.1 Å². The lowest BCUT2D eigenvalue weighted by molar-refractivity contribution is -0.139. The van der Waals surface area contributed by atoms with Crippen molar-refractivity contribution in [2.75, 3.05) is 13.7 Å². The van der Waals surface area contributed by atoms with E-state index in [4.69, 9.17) is 9.47 Å². The summed E-state index contributed by atoms with van der Waals surface area (Å²) in [5.41, 5.74) is 1.95. The molecule has 6 nitrogen and oxygen atoms in total. The lowest BCUT2D eigenvalue weighted by atomic mass is 9.84. The molecule has 1 heterocycles. The molecule has 1 N–H and O–H groups in total. The van der Waals surface area contributed by atoms with Gasteiger partial charge in [-0.05, 0) is 61.6 Å². The van der Waals surface area contributed by atoms with Crippen LogP contribution in [0.3, 0.4) is 0 Å². The zero-order valence-electron chi connectivity index (χ0n) is 22.6. The van der Waals surface area contributed by atoms with Gasteiger partial charge in [0.15, 0.2) is 0 Å². The van der Waals surface area contributed by atoms with Gasteiger partial charge in [0.05, 0.1) is 24.8 Å². The minimum Gasteiger partial charge on any atom is -0.507 e. The predicted octanol–water partition coefficient (Wildman–Crippen LogP) is 6.39. The third-order valence-electron chi connectivity index (χ3n) is 6.37. The van der Waals surface area contributed by atoms with Gasteiger partial charge in [0.25, 0.3) is 11.7 Å². The summed E-state index contributed by atoms with van der Waals surface area (Å²) < 4.78 is 11.4. The van der Waals surface area contributed by atoms with Crippen molar-refractivity contribution in [2.45, 2.75) is 78.4 Å². The van der Waals surface area contributed by atoms with E-state index >= 15 is 0 Å². The Morgan fingerprint density at radius 1 is 1.08 bits per heavy atom. The van der Waals surface area contributed by atoms with Gasteiger partial charge in [0.1, 0.15) is 17.3 Å². The molecule has 6 heteroatoms. The van der Waals surface area contributed by atoms with Crippen LogP contribution in [0.1, 0.15) is 83.5 Å². The molecule has 1 unspecified atom stereocenters. The summed E-state index contributed by atoms with van der Waals surface area (Å²) >= 11 is 0. The molecule has 1 fully saturated rings. The second kappa shape index (κ2) is 11.2. The maximum absolute atomic E-state index is 13.3. The highest BCUT2D eigenvalue weighted by Crippen LogP contribution is 2.42. The molecule has 0 radical (unpaired) electrons. The Hall–Kier alpha value is -3.28. The fraction of sp³-hybridized carbons (Fsp3) is 0.467. The van der Waals surface area contributed by atoms with Crippen molar-refractivity contribution in [3.8, 4) is 11.5 Å². The van der Waals surface area contributed by atoms with Crippen LogP contribution < -0.4 is 9.47 Å². The second-order valence-electron chi connectivity index (χ2n) is 10.6. The van der Waals surface area contributed by atoms with Crippen LogP contribution in [-0.2, 0) is 15.0 Å². The first-order chi connectivity index (χ1) is 17.0. The van der Waals surface area contributed by atoms with Gasteiger partial charge in [-0.3, -0.25) is 9.59 Å². The molecule has 194 valence electrons. The van der Waals surface area contributed by atoms with Crippen LogP contribution in [0.15, 0.2) is 48.0 Å². The SMILES string of the molecule is CCCCCN1C(=O)C(=O)/C(=C(/O)c2ccc(OC)c(C(C)(C)C)c2)C1c1cccc(OC(C)C)c1. The number of likely N-dealkylation sites (tertiary alicyclic amines) is 1. The van der Waals surface area contributed by atoms with Crippen molar-refractivity contribution in [3.63, 3.8) is 0 Å². The van der Waals surface area contributed by atoms with E-state index in [9.17, 15) is 14.7 Å². The van der Waals surface area contributed by atoms with E-state index in [1.807, 2.05) is 44.2 Å². The van der Waals surface area contributed by atoms with Gasteiger partial charge >= 0.3 is 0 Å². The number of carbonyl (C=O) groups is 2. The Labute approximate surface area is 214 Å². The number of benzene rings is 2. The van der Waals surface area contributed by atoms with Crippen molar-refractivity contribution in [1.29, 1.82) is 0 Å². The average Bonchev–Trinajstić information content (AvgIpc) is 3.07. The third kappa shape index (κ3) is 5.75. The van der Waals surface area contributed by atoms with Crippen molar-refractivity contribution in [2.24, 2.45) is 0 Å². The smallest absolute Gasteiger partial charge is 0.295 e. The number of nitrogens with zero attached hydrogens (tertiary/aromatic N) is 1. The van der Waals surface area contributed by atoms with Crippen LogP contribution in [0.2, 0.25) is 0 Å². The Kier molecular flexibility index (Phi) is 8.49. The minimum atomic E-state index is -0.697. The van der Waals surface area contributed by atoms with Crippen molar-refractivity contribution in [3.05, 3.63) is 64.7 Å². The highest BCUT2D eigenvalue weighted by Gasteiger charge is 2.46. The molecular weight excluding hydrogens is 454 g/mol. The first-order valence-corrected chi connectivity index (χ1v) is 12.7. The number of ketones is 1. The van der Waals surface area contributed by atoms with E-state index in [0.717, 1.165) is 30.4 Å². The van der Waals surface area contributed by atoms with Crippen molar-refractivity contribution >= 4 is 17.4 Å². The molecule has 2 aromatic rings. The summed E-state index contributed by atoms with van der Waals surface area (Å²) in [7, 11) is 1.61. The zero-order chi connectivity index (χ0) is 26.6. The molecule has 2 aromatic carbocycles. The van der Waals surface area contributed by atoms with Crippen LogP contribution >= 0.6 is 0 Å². The molecule has 1 amide bonds. The molecule has 0 saturated carbocycles. The summed E-state index contributed by atoms with van der Waals surface area (Å²) in [6, 6.07) is 12.1. The Bertz CT molecular complexity index is 1140. The first kappa shape index (κ1) is 27.3. The zero-order valence-corrected chi connectivity index (χ0v) is 22.6. The molecule has 0 aromatic heterocycles. The van der Waals surface area contributed by atoms with E-state index in [1.165, 1.54) is 0 Å². The monoisotopic (exact) mass is 493 g/mol. The number of hydrogen-bond donors (Lipinski definition) is 1. The van der Waals surface area contributed by atoms with E-state index < -0.39 is 17.7 Å². The van der Waals surface area contributed by atoms with Crippen LogP contribution in [0.4, 0.5) is 0 Å². The highest BCUT2D eigenvalue weighted by atomic mass is 16.5. The maximum atomic E-state index is 13.3. The van der Waals surface area contributed by atoms with Gasteiger partial charge in [-0.15, -0.1) is 0 Å². The van der Waals surface area contributed by atoms with Crippen LogP contribution in [0.5, 0.6) is 11.5 Å². The number of unbranched alkanes of at least 4 members (excludes halogenated alkanes) is 2. The second-order valence-corrected chi connectivity index (χ2v) is 10.6. The Morgan fingerprint density at radius 3 is 2.42 bits per heavy atom. The molecular formula is C30H39NO5. The number of rotatable bonds is 9. The van der Waals surface area contributed by atoms with Crippen molar-refractivity contribution < 1.29 is 24.2 Å². The fourth-order valence-electron chi connectivity index (χ4n) is 4.62. The minimum absolute atomic E-state index is 0.0220. The molecule has 1 saturated heterocycles. The molecule has 0 aliphatic carbocycles. The largest absolute Gasteiger partial charge is 0.507 e. The van der Waals surface area contributed by atoms with Gasteiger partial charge in [-0.1, -0.05) is 52.7 Å². The maximum Gasteiger partial charge on any atom is 0.295 e. The van der Waals surface area contributed by atoms with Gasteiger partial charge < -0.3 is 19.5 Å². The summed E-state index contributed by atoms with van der Waals surface area (Å²) in [5.74, 6) is -0.0790. The predicted molar refractivity (Wildman–Crippen MR) is 142 cm³/mol. The van der Waals surface area contributed by atoms with Crippen LogP contribution in [0, 0.1) is 0 Å². The van der Waals surface area contributed by atoms with Gasteiger partial charge in [0.2, 0.25) is 0 Å². The van der Waals surface area contributed by atoms with E-state index in [0.29, 0.717) is 23.6 Å². The Balaban J connectivity index is 2.19. The number of ether oxygens (including phenoxy) is 2. The van der Waals surface area contributed by atoms with E-state index in [-0.39, 0.29) is 22.9 Å². The summed E-state index contributed by atoms with van der Waals surface area (Å²) in [4.78, 5) is 28.1. The number of Topliss-reactive ketones (excluding diaryl/α,β-unsaturated/α-hetero) is 1. The number of hydrogen-bond acceptors (Lipinski definition) is 5. The molecule has 1 aliphatic heterocycles. The molecule has 36 heavy (non-hydrogen) atoms. The molecule has 0 spiro atoms. The number of amides is 1. The number of aliphatic hydroxyl groups excluding tert-OH is 1. The van der Waals surface area contributed by atoms with Crippen LogP contribution in [0.25, 0.3) is 5.76 Å². The van der Waals surface area contributed by atoms with Gasteiger partial charge in [0, 0.05) is 17.7 Å². The van der Waals surface area contributed by atoms with Crippen molar-refractivity contribution in [1.82, 2.24) is 4.90 Å². The average molecular weight is 494 g/mol. The molecule has 1 aliphatic rings. The highest BCUT2D eigenvalue weighted by molar-refractivity contribution is 6.46. The molecule has 1 atom stereocenters. The molecule has 0 bridgehead atoms. The lowest BCUT2D eigenvalue weighted by Crippen LogP contribution is -2.30. The van der Waals surface area contributed by atoms with Gasteiger partial charge in [-0.2, -0.15) is 0 Å². The van der Waals surface area contributed by atoms with E-state index in [2.05, 4.69) is 27.7 Å². The quantitative estimate of drug-likeness (QED) is 0.190. The first-order valence-electron chi connectivity index (χ1n) is 12.7. The van der Waals surface area contributed by atoms with Crippen LogP contribution in [-0.4, -0.2) is 41.5 Å². The number of carbonyl (C=O) groups excluding carboxylic acids is 2. The lowest BCUT2D eigenvalue weighted by Gasteiger charge is -2.26.